The molecule has 0 radical (unpaired) electrons. The summed E-state index contributed by atoms with van der Waals surface area (Å²) in [5.41, 5.74) is 0.685. The Kier molecular flexibility index (Phi) is 7.49. The lowest BCUT2D eigenvalue weighted by molar-refractivity contribution is -0.126. The van der Waals surface area contributed by atoms with Crippen molar-refractivity contribution in [1.29, 1.82) is 0 Å². The van der Waals surface area contributed by atoms with Gasteiger partial charge in [0, 0.05) is 32.5 Å². The van der Waals surface area contributed by atoms with Crippen molar-refractivity contribution in [3.05, 3.63) is 24.3 Å². The topological polar surface area (TPSA) is 87.7 Å². The van der Waals surface area contributed by atoms with Crippen molar-refractivity contribution in [2.75, 3.05) is 31.6 Å². The first kappa shape index (κ1) is 21.1. The van der Waals surface area contributed by atoms with Crippen LogP contribution < -0.4 is 20.3 Å². The van der Waals surface area contributed by atoms with Gasteiger partial charge in [-0.25, -0.2) is 0 Å². The number of hydrogen-bond donors (Lipinski definition) is 2. The lowest BCUT2D eigenvalue weighted by Crippen LogP contribution is -2.38. The predicted octanol–water partition coefficient (Wildman–Crippen LogP) is 2.25. The summed E-state index contributed by atoms with van der Waals surface area (Å²) in [6.45, 7) is 1.11. The highest BCUT2D eigenvalue weighted by Crippen LogP contribution is 2.32. The van der Waals surface area contributed by atoms with E-state index in [0.717, 1.165) is 12.8 Å². The van der Waals surface area contributed by atoms with Crippen LogP contribution in [0.15, 0.2) is 24.3 Å². The standard InChI is InChI=1S/C22H31N3O4/c1-29-19-10-6-5-9-18(19)25-15-17(14-21(25)27)22(28)24-12-11-23-20(26)13-16-7-3-2-4-8-16/h5-6,9-10,16-17H,2-4,7-8,11-15H2,1H3,(H,23,26)(H,24,28). The lowest BCUT2D eigenvalue weighted by atomic mass is 9.87. The zero-order valence-electron chi connectivity index (χ0n) is 17.1. The quantitative estimate of drug-likeness (QED) is 0.654. The molecule has 3 rings (SSSR count). The number of ether oxygens (including phenoxy) is 1. The summed E-state index contributed by atoms with van der Waals surface area (Å²) in [5, 5.41) is 5.73. The first-order valence-electron chi connectivity index (χ1n) is 10.6. The van der Waals surface area contributed by atoms with Crippen molar-refractivity contribution in [2.45, 2.75) is 44.9 Å². The van der Waals surface area contributed by atoms with Gasteiger partial charge in [-0.05, 0) is 30.9 Å². The van der Waals surface area contributed by atoms with Crippen molar-refractivity contribution in [1.82, 2.24) is 10.6 Å². The maximum atomic E-state index is 12.4. The summed E-state index contributed by atoms with van der Waals surface area (Å²) in [4.78, 5) is 38.5. The Bertz CT molecular complexity index is 731. The summed E-state index contributed by atoms with van der Waals surface area (Å²) in [7, 11) is 1.56. The average Bonchev–Trinajstić information content (AvgIpc) is 3.13. The molecule has 1 aliphatic heterocycles. The SMILES string of the molecule is COc1ccccc1N1CC(C(=O)NCCNC(=O)CC2CCCCC2)CC1=O. The lowest BCUT2D eigenvalue weighted by Gasteiger charge is -2.21. The molecule has 1 heterocycles. The fraction of sp³-hybridized carbons (Fsp3) is 0.591. The minimum Gasteiger partial charge on any atom is -0.495 e. The largest absolute Gasteiger partial charge is 0.495 e. The Morgan fingerprint density at radius 2 is 1.83 bits per heavy atom. The maximum absolute atomic E-state index is 12.4. The summed E-state index contributed by atoms with van der Waals surface area (Å²) in [6, 6.07) is 7.30. The van der Waals surface area contributed by atoms with Crippen LogP contribution in [0.2, 0.25) is 0 Å². The number of carbonyl (C=O) groups excluding carboxylic acids is 3. The van der Waals surface area contributed by atoms with E-state index in [1.165, 1.54) is 19.3 Å². The van der Waals surface area contributed by atoms with E-state index in [4.69, 9.17) is 4.74 Å². The Labute approximate surface area is 172 Å². The zero-order valence-corrected chi connectivity index (χ0v) is 17.1. The van der Waals surface area contributed by atoms with Crippen molar-refractivity contribution in [3.63, 3.8) is 0 Å². The number of rotatable bonds is 8. The molecule has 1 saturated carbocycles. The number of hydrogen-bond acceptors (Lipinski definition) is 4. The molecule has 1 aliphatic carbocycles. The average molecular weight is 402 g/mol. The highest BCUT2D eigenvalue weighted by atomic mass is 16.5. The van der Waals surface area contributed by atoms with Crippen LogP contribution in [0.4, 0.5) is 5.69 Å². The van der Waals surface area contributed by atoms with E-state index < -0.39 is 5.92 Å². The number of anilines is 1. The number of benzene rings is 1. The normalized spacial score (nSPS) is 19.8. The molecule has 7 nitrogen and oxygen atoms in total. The van der Waals surface area contributed by atoms with Crippen LogP contribution in [-0.2, 0) is 14.4 Å². The maximum Gasteiger partial charge on any atom is 0.227 e. The van der Waals surface area contributed by atoms with Crippen molar-refractivity contribution >= 4 is 23.4 Å². The second kappa shape index (κ2) is 10.3. The molecule has 29 heavy (non-hydrogen) atoms. The highest BCUT2D eigenvalue weighted by molar-refractivity contribution is 6.01. The van der Waals surface area contributed by atoms with Crippen molar-refractivity contribution < 1.29 is 19.1 Å². The van der Waals surface area contributed by atoms with E-state index in [0.29, 0.717) is 43.4 Å². The summed E-state index contributed by atoms with van der Waals surface area (Å²) >= 11 is 0. The van der Waals surface area contributed by atoms with E-state index in [2.05, 4.69) is 10.6 Å². The summed E-state index contributed by atoms with van der Waals surface area (Å²) in [6.07, 6.45) is 6.77. The molecular weight excluding hydrogens is 370 g/mol. The molecule has 0 spiro atoms. The van der Waals surface area contributed by atoms with Crippen LogP contribution in [-0.4, -0.2) is 44.5 Å². The van der Waals surface area contributed by atoms with E-state index in [1.54, 1.807) is 18.1 Å². The first-order valence-corrected chi connectivity index (χ1v) is 10.6. The Balaban J connectivity index is 1.40. The molecule has 2 fully saturated rings. The number of methoxy groups -OCH3 is 1. The zero-order chi connectivity index (χ0) is 20.6. The molecule has 1 aromatic rings. The molecule has 1 unspecified atom stereocenters. The van der Waals surface area contributed by atoms with E-state index in [1.807, 2.05) is 18.2 Å². The monoisotopic (exact) mass is 401 g/mol. The van der Waals surface area contributed by atoms with Gasteiger partial charge in [0.25, 0.3) is 0 Å². The highest BCUT2D eigenvalue weighted by Gasteiger charge is 2.36. The molecule has 7 heteroatoms. The molecular formula is C22H31N3O4. The third-order valence-electron chi connectivity index (χ3n) is 5.82. The Morgan fingerprint density at radius 3 is 2.59 bits per heavy atom. The van der Waals surface area contributed by atoms with E-state index in [9.17, 15) is 14.4 Å². The molecule has 3 amide bonds. The van der Waals surface area contributed by atoms with Gasteiger partial charge in [-0.2, -0.15) is 0 Å². The van der Waals surface area contributed by atoms with Gasteiger partial charge in [0.2, 0.25) is 17.7 Å². The van der Waals surface area contributed by atoms with Crippen LogP contribution in [0.3, 0.4) is 0 Å². The second-order valence-corrected chi connectivity index (χ2v) is 7.93. The van der Waals surface area contributed by atoms with Gasteiger partial charge >= 0.3 is 0 Å². The Morgan fingerprint density at radius 1 is 1.10 bits per heavy atom. The molecule has 1 aromatic carbocycles. The number of carbonyl (C=O) groups is 3. The fourth-order valence-corrected chi connectivity index (χ4v) is 4.23. The molecule has 1 atom stereocenters. The molecule has 0 aromatic heterocycles. The molecule has 2 aliphatic rings. The molecule has 2 N–H and O–H groups in total. The molecule has 0 bridgehead atoms. The smallest absolute Gasteiger partial charge is 0.227 e. The summed E-state index contributed by atoms with van der Waals surface area (Å²) < 4.78 is 5.32. The van der Waals surface area contributed by atoms with Crippen molar-refractivity contribution in [2.24, 2.45) is 11.8 Å². The Hall–Kier alpha value is -2.57. The van der Waals surface area contributed by atoms with Crippen LogP contribution in [0.5, 0.6) is 5.75 Å². The predicted molar refractivity (Wildman–Crippen MR) is 111 cm³/mol. The number of amides is 3. The first-order chi connectivity index (χ1) is 14.1. The fourth-order valence-electron chi connectivity index (χ4n) is 4.23. The van der Waals surface area contributed by atoms with Gasteiger partial charge < -0.3 is 20.3 Å². The van der Waals surface area contributed by atoms with Gasteiger partial charge in [0.15, 0.2) is 0 Å². The van der Waals surface area contributed by atoms with Crippen molar-refractivity contribution in [3.8, 4) is 5.75 Å². The van der Waals surface area contributed by atoms with Gasteiger partial charge in [-0.15, -0.1) is 0 Å². The molecule has 158 valence electrons. The third-order valence-corrected chi connectivity index (χ3v) is 5.82. The van der Waals surface area contributed by atoms with Crippen LogP contribution in [0.25, 0.3) is 0 Å². The minimum atomic E-state index is -0.398. The van der Waals surface area contributed by atoms with Crippen LogP contribution in [0, 0.1) is 11.8 Å². The summed E-state index contributed by atoms with van der Waals surface area (Å²) in [5.74, 6) is 0.536. The second-order valence-electron chi connectivity index (χ2n) is 7.93. The third kappa shape index (κ3) is 5.71. The van der Waals surface area contributed by atoms with Gasteiger partial charge in [-0.1, -0.05) is 31.4 Å². The van der Waals surface area contributed by atoms with Crippen LogP contribution in [0.1, 0.15) is 44.9 Å². The van der Waals surface area contributed by atoms with Crippen LogP contribution >= 0.6 is 0 Å². The van der Waals surface area contributed by atoms with E-state index >= 15 is 0 Å². The van der Waals surface area contributed by atoms with Gasteiger partial charge in [-0.3, -0.25) is 14.4 Å². The van der Waals surface area contributed by atoms with Gasteiger partial charge in [0.05, 0.1) is 18.7 Å². The number of nitrogens with one attached hydrogen (secondary N) is 2. The number of nitrogens with zero attached hydrogens (tertiary/aromatic N) is 1. The minimum absolute atomic E-state index is 0.0598. The number of para-hydroxylation sites is 2. The molecule has 1 saturated heterocycles. The van der Waals surface area contributed by atoms with Gasteiger partial charge in [0.1, 0.15) is 5.75 Å². The van der Waals surface area contributed by atoms with E-state index in [-0.39, 0.29) is 24.1 Å².